The van der Waals surface area contributed by atoms with Crippen LogP contribution in [-0.4, -0.2) is 31.0 Å². The number of aryl methyl sites for hydroxylation is 1. The van der Waals surface area contributed by atoms with Gasteiger partial charge >= 0.3 is 0 Å². The van der Waals surface area contributed by atoms with Crippen molar-refractivity contribution in [3.05, 3.63) is 65.0 Å². The zero-order chi connectivity index (χ0) is 23.6. The van der Waals surface area contributed by atoms with E-state index in [1.165, 1.54) is 29.5 Å². The molecule has 1 N–H and O–H groups in total. The van der Waals surface area contributed by atoms with E-state index >= 15 is 0 Å². The maximum absolute atomic E-state index is 13.2. The van der Waals surface area contributed by atoms with E-state index in [4.69, 9.17) is 9.47 Å². The number of nitrogens with zero attached hydrogens (tertiary/aromatic N) is 2. The number of rotatable bonds is 9. The average Bonchev–Trinajstić information content (AvgIpc) is 3.33. The van der Waals surface area contributed by atoms with Crippen LogP contribution < -0.4 is 14.2 Å². The van der Waals surface area contributed by atoms with E-state index in [2.05, 4.69) is 9.71 Å². The second kappa shape index (κ2) is 9.50. The van der Waals surface area contributed by atoms with Crippen molar-refractivity contribution in [3.63, 3.8) is 0 Å². The molecule has 0 aliphatic carbocycles. The summed E-state index contributed by atoms with van der Waals surface area (Å²) in [5, 5.41) is 0. The van der Waals surface area contributed by atoms with Crippen LogP contribution in [0.15, 0.2) is 53.6 Å². The number of hydrogen-bond donors (Lipinski definition) is 1. The van der Waals surface area contributed by atoms with Gasteiger partial charge in [0.1, 0.15) is 22.2 Å². The lowest BCUT2D eigenvalue weighted by Crippen LogP contribution is -2.24. The van der Waals surface area contributed by atoms with Gasteiger partial charge in [-0.25, -0.2) is 22.5 Å². The quantitative estimate of drug-likeness (QED) is 0.366. The first-order valence-corrected chi connectivity index (χ1v) is 12.7. The fraction of sp³-hybridized carbons (Fsp3) is 0.261. The Balaban J connectivity index is 1.56. The third-order valence-electron chi connectivity index (χ3n) is 5.03. The Morgan fingerprint density at radius 3 is 2.48 bits per heavy atom. The molecule has 0 spiro atoms. The lowest BCUT2D eigenvalue weighted by Gasteiger charge is -2.13. The van der Waals surface area contributed by atoms with Crippen molar-refractivity contribution in [1.82, 2.24) is 14.1 Å². The number of imidazole rings is 1. The van der Waals surface area contributed by atoms with Crippen molar-refractivity contribution < 1.29 is 22.3 Å². The predicted octanol–water partition coefficient (Wildman–Crippen LogP) is 4.79. The summed E-state index contributed by atoms with van der Waals surface area (Å²) in [6, 6.07) is 10.8. The van der Waals surface area contributed by atoms with Crippen LogP contribution in [-0.2, 0) is 16.6 Å². The Labute approximate surface area is 195 Å². The van der Waals surface area contributed by atoms with E-state index < -0.39 is 10.0 Å². The van der Waals surface area contributed by atoms with Crippen molar-refractivity contribution in [2.24, 2.45) is 0 Å². The molecule has 0 unspecified atom stereocenters. The highest BCUT2D eigenvalue weighted by atomic mass is 32.2. The molecular formula is C23H24FN3O4S2. The van der Waals surface area contributed by atoms with E-state index in [-0.39, 0.29) is 23.0 Å². The van der Waals surface area contributed by atoms with Gasteiger partial charge < -0.3 is 9.47 Å². The summed E-state index contributed by atoms with van der Waals surface area (Å²) in [7, 11) is -3.82. The number of aromatic nitrogens is 2. The molecule has 2 heterocycles. The molecule has 4 aromatic rings. The second-order valence-electron chi connectivity index (χ2n) is 7.20. The van der Waals surface area contributed by atoms with E-state index in [0.717, 1.165) is 26.8 Å². The highest BCUT2D eigenvalue weighted by Gasteiger charge is 2.22. The summed E-state index contributed by atoms with van der Waals surface area (Å²) in [4.78, 5) is 6.25. The molecule has 33 heavy (non-hydrogen) atoms. The van der Waals surface area contributed by atoms with Crippen LogP contribution in [0.2, 0.25) is 0 Å². The van der Waals surface area contributed by atoms with Crippen molar-refractivity contribution in [3.8, 4) is 22.8 Å². The zero-order valence-electron chi connectivity index (χ0n) is 18.5. The molecule has 0 atom stereocenters. The highest BCUT2D eigenvalue weighted by molar-refractivity contribution is 7.89. The number of hydrogen-bond acceptors (Lipinski definition) is 6. The van der Waals surface area contributed by atoms with Crippen LogP contribution in [0.1, 0.15) is 24.4 Å². The molecule has 0 fully saturated rings. The van der Waals surface area contributed by atoms with Crippen molar-refractivity contribution in [2.75, 3.05) is 13.2 Å². The van der Waals surface area contributed by atoms with Gasteiger partial charge in [-0.15, -0.1) is 0 Å². The average molecular weight is 490 g/mol. The van der Waals surface area contributed by atoms with Gasteiger partial charge in [0.25, 0.3) is 0 Å². The number of sulfonamides is 1. The molecule has 0 saturated carbocycles. The first-order valence-electron chi connectivity index (χ1n) is 10.4. The zero-order valence-corrected chi connectivity index (χ0v) is 20.1. The fourth-order valence-electron chi connectivity index (χ4n) is 3.39. The largest absolute Gasteiger partial charge is 0.494 e. The topological polar surface area (TPSA) is 81.9 Å². The van der Waals surface area contributed by atoms with Gasteiger partial charge in [-0.1, -0.05) is 11.3 Å². The molecule has 2 aromatic heterocycles. The summed E-state index contributed by atoms with van der Waals surface area (Å²) in [5.74, 6) is 0.496. The Bertz CT molecular complexity index is 1380. The van der Waals surface area contributed by atoms with Crippen LogP contribution in [0, 0.1) is 12.7 Å². The minimum atomic E-state index is -3.82. The number of halogens is 1. The number of nitrogens with one attached hydrogen (secondary N) is 1. The van der Waals surface area contributed by atoms with Gasteiger partial charge in [-0.2, -0.15) is 0 Å². The second-order valence-corrected chi connectivity index (χ2v) is 9.99. The highest BCUT2D eigenvalue weighted by Crippen LogP contribution is 2.30. The summed E-state index contributed by atoms with van der Waals surface area (Å²) in [6.07, 6.45) is 1.87. The molecule has 0 amide bonds. The lowest BCUT2D eigenvalue weighted by molar-refractivity contribution is 0.317. The molecule has 0 bridgehead atoms. The SMILES string of the molecule is CCOc1ccc(S(=O)(=O)NCc2sc3nc(-c4ccc(F)cc4)cn3c2C)c(OCC)c1. The van der Waals surface area contributed by atoms with Gasteiger partial charge in [0.15, 0.2) is 4.96 Å². The van der Waals surface area contributed by atoms with Gasteiger partial charge in [-0.3, -0.25) is 4.40 Å². The third kappa shape index (κ3) is 4.87. The van der Waals surface area contributed by atoms with Crippen LogP contribution in [0.5, 0.6) is 11.5 Å². The number of thiazole rings is 1. The number of fused-ring (bicyclic) bond motifs is 1. The minimum absolute atomic E-state index is 0.0605. The first kappa shape index (κ1) is 23.2. The number of benzene rings is 2. The molecule has 174 valence electrons. The first-order chi connectivity index (χ1) is 15.8. The van der Waals surface area contributed by atoms with E-state index in [1.54, 1.807) is 31.2 Å². The summed E-state index contributed by atoms with van der Waals surface area (Å²) in [6.45, 7) is 6.48. The van der Waals surface area contributed by atoms with E-state index in [1.807, 2.05) is 24.4 Å². The predicted molar refractivity (Wildman–Crippen MR) is 126 cm³/mol. The maximum Gasteiger partial charge on any atom is 0.244 e. The standard InChI is InChI=1S/C23H24FN3O4S2/c1-4-30-18-10-11-22(20(12-18)31-5-2)33(28,29)25-13-21-15(3)27-14-19(26-23(27)32-21)16-6-8-17(24)9-7-16/h6-12,14,25H,4-5,13H2,1-3H3. The molecule has 4 rings (SSSR count). The Kier molecular flexibility index (Phi) is 6.68. The smallest absolute Gasteiger partial charge is 0.244 e. The molecule has 0 radical (unpaired) electrons. The van der Waals surface area contributed by atoms with Crippen molar-refractivity contribution in [1.29, 1.82) is 0 Å². The maximum atomic E-state index is 13.2. The molecule has 0 aliphatic heterocycles. The molecule has 2 aromatic carbocycles. The lowest BCUT2D eigenvalue weighted by atomic mass is 10.2. The molecule has 7 nitrogen and oxygen atoms in total. The molecule has 0 saturated heterocycles. The van der Waals surface area contributed by atoms with Crippen LogP contribution in [0.25, 0.3) is 16.2 Å². The normalized spacial score (nSPS) is 11.8. The van der Waals surface area contributed by atoms with E-state index in [0.29, 0.717) is 19.0 Å². The van der Waals surface area contributed by atoms with Gasteiger partial charge in [0.2, 0.25) is 10.0 Å². The molecule has 0 aliphatic rings. The Hall–Kier alpha value is -2.95. The van der Waals surface area contributed by atoms with Gasteiger partial charge in [0.05, 0.1) is 18.9 Å². The van der Waals surface area contributed by atoms with Crippen LogP contribution in [0.4, 0.5) is 4.39 Å². The molecular weight excluding hydrogens is 465 g/mol. The van der Waals surface area contributed by atoms with E-state index in [9.17, 15) is 12.8 Å². The summed E-state index contributed by atoms with van der Waals surface area (Å²) < 4.78 is 54.8. The minimum Gasteiger partial charge on any atom is -0.494 e. The monoisotopic (exact) mass is 489 g/mol. The fourth-order valence-corrected chi connectivity index (χ4v) is 5.65. The number of ether oxygens (including phenoxy) is 2. The third-order valence-corrected chi connectivity index (χ3v) is 7.63. The van der Waals surface area contributed by atoms with Gasteiger partial charge in [0, 0.05) is 34.9 Å². The van der Waals surface area contributed by atoms with Crippen molar-refractivity contribution in [2.45, 2.75) is 32.2 Å². The molecule has 10 heteroatoms. The van der Waals surface area contributed by atoms with Gasteiger partial charge in [-0.05, 0) is 57.2 Å². The van der Waals surface area contributed by atoms with Crippen LogP contribution in [0.3, 0.4) is 0 Å². The summed E-state index contributed by atoms with van der Waals surface area (Å²) in [5.41, 5.74) is 2.43. The Morgan fingerprint density at radius 2 is 1.82 bits per heavy atom. The van der Waals surface area contributed by atoms with Crippen LogP contribution >= 0.6 is 11.3 Å². The summed E-state index contributed by atoms with van der Waals surface area (Å²) >= 11 is 1.40. The van der Waals surface area contributed by atoms with Crippen molar-refractivity contribution >= 4 is 26.3 Å². The Morgan fingerprint density at radius 1 is 1.09 bits per heavy atom.